The molecule has 1 unspecified atom stereocenters. The van der Waals surface area contributed by atoms with Gasteiger partial charge < -0.3 is 15.0 Å². The number of amides is 2. The number of hydrogen-bond donors (Lipinski definition) is 1. The number of nitrogens with one attached hydrogen (secondary N) is 1. The van der Waals surface area contributed by atoms with Crippen molar-refractivity contribution in [2.45, 2.75) is 84.3 Å². The first-order valence-electron chi connectivity index (χ1n) is 12.2. The number of methoxy groups -OCH3 is 1. The van der Waals surface area contributed by atoms with Crippen LogP contribution in [0.25, 0.3) is 0 Å². The van der Waals surface area contributed by atoms with Gasteiger partial charge in [-0.25, -0.2) is 0 Å². The third-order valence-corrected chi connectivity index (χ3v) is 6.78. The Morgan fingerprint density at radius 1 is 1.00 bits per heavy atom. The molecule has 1 N–H and O–H groups in total. The van der Waals surface area contributed by atoms with Crippen LogP contribution in [0.15, 0.2) is 42.5 Å². The molecular weight excluding hydrogens is 412 g/mol. The molecule has 0 bridgehead atoms. The van der Waals surface area contributed by atoms with Crippen LogP contribution in [0.4, 0.5) is 0 Å². The van der Waals surface area contributed by atoms with Crippen molar-refractivity contribution in [2.24, 2.45) is 0 Å². The summed E-state index contributed by atoms with van der Waals surface area (Å²) in [6, 6.07) is 13.6. The van der Waals surface area contributed by atoms with E-state index in [4.69, 9.17) is 4.74 Å². The Morgan fingerprint density at radius 2 is 1.67 bits per heavy atom. The molecule has 0 heterocycles. The molecule has 178 valence electrons. The minimum absolute atomic E-state index is 0.0280. The largest absolute Gasteiger partial charge is 0.497 e. The standard InChI is InChI=1S/C28H38N2O3/c1-5-26(28(32)29-24-9-7-6-8-10-24)30(19-22-13-15-25(33-4)16-14-22)27(31)18-23-12-11-20(2)21(3)17-23/h11-17,24,26H,5-10,18-19H2,1-4H3,(H,29,32). The van der Waals surface area contributed by atoms with E-state index in [9.17, 15) is 9.59 Å². The first-order valence-corrected chi connectivity index (χ1v) is 12.2. The van der Waals surface area contributed by atoms with Gasteiger partial charge in [0.2, 0.25) is 11.8 Å². The lowest BCUT2D eigenvalue weighted by molar-refractivity contribution is -0.141. The van der Waals surface area contributed by atoms with Gasteiger partial charge in [0.15, 0.2) is 0 Å². The van der Waals surface area contributed by atoms with Crippen molar-refractivity contribution in [3.8, 4) is 5.75 Å². The van der Waals surface area contributed by atoms with Gasteiger partial charge >= 0.3 is 0 Å². The van der Waals surface area contributed by atoms with Crippen LogP contribution in [0, 0.1) is 13.8 Å². The van der Waals surface area contributed by atoms with E-state index in [0.29, 0.717) is 13.0 Å². The molecule has 0 aliphatic heterocycles. The van der Waals surface area contributed by atoms with E-state index in [1.165, 1.54) is 17.5 Å². The normalized spacial score (nSPS) is 15.0. The van der Waals surface area contributed by atoms with Crippen molar-refractivity contribution in [3.05, 3.63) is 64.7 Å². The summed E-state index contributed by atoms with van der Waals surface area (Å²) in [5.41, 5.74) is 4.34. The summed E-state index contributed by atoms with van der Waals surface area (Å²) < 4.78 is 5.27. The summed E-state index contributed by atoms with van der Waals surface area (Å²) in [5.74, 6) is 0.708. The van der Waals surface area contributed by atoms with Crippen LogP contribution in [-0.4, -0.2) is 35.9 Å². The molecule has 5 heteroatoms. The number of rotatable bonds is 9. The summed E-state index contributed by atoms with van der Waals surface area (Å²) in [6.07, 6.45) is 6.46. The molecule has 1 aliphatic rings. The molecule has 0 saturated heterocycles. The highest BCUT2D eigenvalue weighted by molar-refractivity contribution is 5.88. The Bertz CT molecular complexity index is 933. The van der Waals surface area contributed by atoms with Gasteiger partial charge in [0, 0.05) is 12.6 Å². The van der Waals surface area contributed by atoms with Crippen LogP contribution in [0.5, 0.6) is 5.75 Å². The van der Waals surface area contributed by atoms with Gasteiger partial charge in [0.25, 0.3) is 0 Å². The number of aryl methyl sites for hydroxylation is 2. The number of hydrogen-bond acceptors (Lipinski definition) is 3. The van der Waals surface area contributed by atoms with Crippen LogP contribution >= 0.6 is 0 Å². The molecule has 0 spiro atoms. The van der Waals surface area contributed by atoms with Crippen LogP contribution in [-0.2, 0) is 22.6 Å². The van der Waals surface area contributed by atoms with E-state index < -0.39 is 6.04 Å². The second-order valence-corrected chi connectivity index (χ2v) is 9.23. The minimum atomic E-state index is -0.493. The summed E-state index contributed by atoms with van der Waals surface area (Å²) in [6.45, 7) is 6.50. The summed E-state index contributed by atoms with van der Waals surface area (Å²) >= 11 is 0. The lowest BCUT2D eigenvalue weighted by Crippen LogP contribution is -2.51. The molecule has 1 atom stereocenters. The maximum atomic E-state index is 13.6. The maximum absolute atomic E-state index is 13.6. The van der Waals surface area contributed by atoms with Gasteiger partial charge in [-0.15, -0.1) is 0 Å². The van der Waals surface area contributed by atoms with E-state index in [1.807, 2.05) is 37.3 Å². The quantitative estimate of drug-likeness (QED) is 0.577. The highest BCUT2D eigenvalue weighted by Gasteiger charge is 2.30. The monoisotopic (exact) mass is 450 g/mol. The average Bonchev–Trinajstić information content (AvgIpc) is 2.82. The van der Waals surface area contributed by atoms with E-state index >= 15 is 0 Å². The van der Waals surface area contributed by atoms with Crippen LogP contribution in [0.3, 0.4) is 0 Å². The zero-order valence-electron chi connectivity index (χ0n) is 20.5. The van der Waals surface area contributed by atoms with E-state index in [0.717, 1.165) is 42.6 Å². The van der Waals surface area contributed by atoms with Crippen molar-refractivity contribution >= 4 is 11.8 Å². The van der Waals surface area contributed by atoms with Gasteiger partial charge in [-0.3, -0.25) is 9.59 Å². The Morgan fingerprint density at radius 3 is 2.27 bits per heavy atom. The molecule has 2 amide bonds. The SMILES string of the molecule is CCC(C(=O)NC1CCCCC1)N(Cc1ccc(OC)cc1)C(=O)Cc1ccc(C)c(C)c1. The fourth-order valence-corrected chi connectivity index (χ4v) is 4.58. The van der Waals surface area contributed by atoms with Crippen LogP contribution < -0.4 is 10.1 Å². The lowest BCUT2D eigenvalue weighted by Gasteiger charge is -2.33. The van der Waals surface area contributed by atoms with Crippen LogP contribution in [0.1, 0.15) is 67.7 Å². The molecule has 0 aromatic heterocycles. The van der Waals surface area contributed by atoms with Crippen molar-refractivity contribution in [1.82, 2.24) is 10.2 Å². The number of benzene rings is 2. The van der Waals surface area contributed by atoms with E-state index in [2.05, 4.69) is 31.3 Å². The first kappa shape index (κ1) is 24.8. The van der Waals surface area contributed by atoms with Gasteiger partial charge in [-0.05, 0) is 67.5 Å². The fourth-order valence-electron chi connectivity index (χ4n) is 4.58. The van der Waals surface area contributed by atoms with Crippen molar-refractivity contribution in [2.75, 3.05) is 7.11 Å². The zero-order chi connectivity index (χ0) is 23.8. The highest BCUT2D eigenvalue weighted by Crippen LogP contribution is 2.21. The maximum Gasteiger partial charge on any atom is 0.243 e. The lowest BCUT2D eigenvalue weighted by atomic mass is 9.95. The number of carbonyl (C=O) groups excluding carboxylic acids is 2. The Kier molecular flexibility index (Phi) is 8.93. The third kappa shape index (κ3) is 6.83. The van der Waals surface area contributed by atoms with Gasteiger partial charge in [-0.1, -0.05) is 56.5 Å². The molecular formula is C28H38N2O3. The van der Waals surface area contributed by atoms with Gasteiger partial charge in [0.05, 0.1) is 13.5 Å². The Balaban J connectivity index is 1.81. The predicted molar refractivity (Wildman–Crippen MR) is 132 cm³/mol. The molecule has 2 aromatic carbocycles. The van der Waals surface area contributed by atoms with E-state index in [-0.39, 0.29) is 24.3 Å². The van der Waals surface area contributed by atoms with Gasteiger partial charge in [-0.2, -0.15) is 0 Å². The molecule has 1 aliphatic carbocycles. The fraction of sp³-hybridized carbons (Fsp3) is 0.500. The Hall–Kier alpha value is -2.82. The predicted octanol–water partition coefficient (Wildman–Crippen LogP) is 5.11. The smallest absolute Gasteiger partial charge is 0.243 e. The third-order valence-electron chi connectivity index (χ3n) is 6.78. The van der Waals surface area contributed by atoms with Crippen molar-refractivity contribution in [3.63, 3.8) is 0 Å². The topological polar surface area (TPSA) is 58.6 Å². The molecule has 2 aromatic rings. The number of carbonyl (C=O) groups is 2. The van der Waals surface area contributed by atoms with Gasteiger partial charge in [0.1, 0.15) is 11.8 Å². The van der Waals surface area contributed by atoms with Crippen molar-refractivity contribution < 1.29 is 14.3 Å². The van der Waals surface area contributed by atoms with E-state index in [1.54, 1.807) is 12.0 Å². The highest BCUT2D eigenvalue weighted by atomic mass is 16.5. The average molecular weight is 451 g/mol. The second-order valence-electron chi connectivity index (χ2n) is 9.23. The molecule has 1 saturated carbocycles. The van der Waals surface area contributed by atoms with Crippen LogP contribution in [0.2, 0.25) is 0 Å². The molecule has 0 radical (unpaired) electrons. The summed E-state index contributed by atoms with van der Waals surface area (Å²) in [7, 11) is 1.64. The van der Waals surface area contributed by atoms with Crippen molar-refractivity contribution in [1.29, 1.82) is 0 Å². The number of ether oxygens (including phenoxy) is 1. The molecule has 33 heavy (non-hydrogen) atoms. The zero-order valence-corrected chi connectivity index (χ0v) is 20.5. The summed E-state index contributed by atoms with van der Waals surface area (Å²) in [4.78, 5) is 28.6. The minimum Gasteiger partial charge on any atom is -0.497 e. The second kappa shape index (κ2) is 11.9. The Labute approximate surface area is 198 Å². The summed E-state index contributed by atoms with van der Waals surface area (Å²) in [5, 5.41) is 3.24. The number of nitrogens with zero attached hydrogens (tertiary/aromatic N) is 1. The first-order chi connectivity index (χ1) is 15.9. The molecule has 3 rings (SSSR count). The molecule has 5 nitrogen and oxygen atoms in total. The molecule has 1 fully saturated rings.